The quantitative estimate of drug-likeness (QED) is 0.0362. The Balaban J connectivity index is 1.16. The molecule has 3 saturated heterocycles. The summed E-state index contributed by atoms with van der Waals surface area (Å²) in [6.07, 6.45) is 1.14. The molecule has 3 aromatic rings. The van der Waals surface area contributed by atoms with Crippen molar-refractivity contribution in [2.75, 3.05) is 33.9 Å². The number of unbranched alkanes of at least 4 members (excludes halogenated alkanes) is 8. The molecule has 0 radical (unpaired) electrons. The number of carbonyl (C=O) groups is 2. The molecule has 0 spiro atoms. The smallest absolute Gasteiger partial charge is 0.311 e. The summed E-state index contributed by atoms with van der Waals surface area (Å²) >= 11 is 0. The van der Waals surface area contributed by atoms with Crippen LogP contribution in [0.3, 0.4) is 0 Å². The molecule has 15 nitrogen and oxygen atoms in total. The fourth-order valence-corrected chi connectivity index (χ4v) is 18.9. The van der Waals surface area contributed by atoms with Crippen molar-refractivity contribution in [2.24, 2.45) is 17.8 Å². The van der Waals surface area contributed by atoms with Crippen LogP contribution in [0.25, 0.3) is 0 Å². The zero-order valence-corrected chi connectivity index (χ0v) is 56.1. The molecule has 0 aliphatic carbocycles. The van der Waals surface area contributed by atoms with Crippen molar-refractivity contribution in [3.8, 4) is 0 Å². The van der Waals surface area contributed by atoms with Gasteiger partial charge >= 0.3 is 5.97 Å². The molecule has 16 heteroatoms. The van der Waals surface area contributed by atoms with E-state index in [1.54, 1.807) is 46.4 Å². The molecule has 18 atom stereocenters. The zero-order chi connectivity index (χ0) is 63.5. The van der Waals surface area contributed by atoms with E-state index in [4.69, 9.17) is 28.4 Å². The molecule has 86 heavy (non-hydrogen) atoms. The highest BCUT2D eigenvalue weighted by atomic mass is 31.2. The van der Waals surface area contributed by atoms with Gasteiger partial charge in [-0.25, -0.2) is 0 Å². The zero-order valence-electron chi connectivity index (χ0n) is 55.2. The van der Waals surface area contributed by atoms with Crippen molar-refractivity contribution in [2.45, 2.75) is 270 Å². The second-order valence-corrected chi connectivity index (χ2v) is 30.9. The number of hydrogen-bond donors (Lipinski definition) is 5. The van der Waals surface area contributed by atoms with Crippen LogP contribution in [0.15, 0.2) is 72.8 Å². The maximum Gasteiger partial charge on any atom is 0.311 e. The standard InChI is InChI=1S/C70H112N2O13P/c1-17-58-70(13,79)63(75)52(9)72(59(73)36-25-23-21-19-18-20-22-24-26-37-86(54-33-27-30-45(2)38-54,55-34-28-31-46(3)39-55)56-35-29-32-47(4)40-56)44-48(5)42-68(11,78)65(85-67-61(74)57(71(14)15)41-49(6)81-67)50(7)62(51(8)66(77)83-58)84-60-43-69(12,80-16)64(76)53(10)82-60/h27-35,38-40,48-53,57-58,60-65,67,74-76,78-79H,17-26,36-37,41-44H2,1-16H3/q+1/t48-,49-,50+,51-,52-,53+,57+,58-,60+,61-,62+,63-,64+,65-,67+,68-,69-,70-/m1/s1. The second kappa shape index (κ2) is 31.6. The molecule has 3 aliphatic heterocycles. The average Bonchev–Trinajstić information content (AvgIpc) is 1.22. The lowest BCUT2D eigenvalue weighted by atomic mass is 9.77. The fourth-order valence-electron chi connectivity index (χ4n) is 14.3. The number of methoxy groups -OCH3 is 1. The number of aryl methyl sites for hydroxylation is 3. The molecule has 3 aliphatic rings. The molecule has 3 aromatic carbocycles. The Labute approximate surface area is 517 Å². The molecule has 1 amide bonds. The first-order valence-electron chi connectivity index (χ1n) is 32.4. The monoisotopic (exact) mass is 1220 g/mol. The van der Waals surface area contributed by atoms with E-state index in [2.05, 4.69) is 93.6 Å². The van der Waals surface area contributed by atoms with Gasteiger partial charge in [-0.3, -0.25) is 9.59 Å². The van der Waals surface area contributed by atoms with Gasteiger partial charge in [-0.15, -0.1) is 0 Å². The maximum atomic E-state index is 14.7. The van der Waals surface area contributed by atoms with Gasteiger partial charge in [-0.05, 0) is 181 Å². The van der Waals surface area contributed by atoms with Crippen LogP contribution in [-0.4, -0.2) is 171 Å². The van der Waals surface area contributed by atoms with Gasteiger partial charge < -0.3 is 63.8 Å². The van der Waals surface area contributed by atoms with Crippen LogP contribution in [0, 0.1) is 38.5 Å². The normalized spacial score (nSPS) is 34.6. The van der Waals surface area contributed by atoms with Crippen molar-refractivity contribution >= 4 is 35.1 Å². The number of benzene rings is 3. The first-order chi connectivity index (χ1) is 40.5. The Hall–Kier alpha value is -3.41. The summed E-state index contributed by atoms with van der Waals surface area (Å²) in [5.41, 5.74) is -0.943. The summed E-state index contributed by atoms with van der Waals surface area (Å²) in [7, 11) is 3.34. The number of ether oxygens (including phenoxy) is 6. The summed E-state index contributed by atoms with van der Waals surface area (Å²) in [5, 5.41) is 65.0. The molecule has 0 saturated carbocycles. The van der Waals surface area contributed by atoms with Crippen molar-refractivity contribution < 1.29 is 63.5 Å². The SMILES string of the molecule is CC[C@H]1OC(=O)[C@H](C)[C@@H](O[C@H]2C[C@@](C)(OC)[C@@H](O)[C@H](C)O2)[C@H](C)[C@@H](O[C@@H]2O[C@H](C)C[C@H](N(C)C)[C@H]2O)[C@](C)(O)C[C@@H](C)CN(C(=O)CCCCCCCCCCC[P+](c2cccc(C)c2)(c2cccc(C)c2)c2cccc(C)c2)[C@H](C)[C@@H](O)[C@]1(C)O. The van der Waals surface area contributed by atoms with Crippen LogP contribution in [0.2, 0.25) is 0 Å². The van der Waals surface area contributed by atoms with Crippen LogP contribution in [0.4, 0.5) is 0 Å². The lowest BCUT2D eigenvalue weighted by Gasteiger charge is -2.48. The van der Waals surface area contributed by atoms with E-state index in [0.717, 1.165) is 57.5 Å². The molecule has 0 unspecified atom stereocenters. The van der Waals surface area contributed by atoms with Gasteiger partial charge in [0.1, 0.15) is 53.2 Å². The van der Waals surface area contributed by atoms with Gasteiger partial charge in [0.25, 0.3) is 0 Å². The van der Waals surface area contributed by atoms with E-state index in [1.807, 2.05) is 39.8 Å². The first kappa shape index (κ1) is 71.7. The van der Waals surface area contributed by atoms with E-state index in [1.165, 1.54) is 46.6 Å². The molecule has 3 fully saturated rings. The predicted octanol–water partition coefficient (Wildman–Crippen LogP) is 9.62. The Kier molecular flexibility index (Phi) is 26.3. The van der Waals surface area contributed by atoms with Crippen molar-refractivity contribution in [1.29, 1.82) is 0 Å². The largest absolute Gasteiger partial charge is 0.459 e. The molecule has 6 rings (SSSR count). The van der Waals surface area contributed by atoms with Gasteiger partial charge in [0.05, 0.1) is 53.7 Å². The van der Waals surface area contributed by atoms with Crippen LogP contribution in [0.1, 0.15) is 176 Å². The Morgan fingerprint density at radius 1 is 0.733 bits per heavy atom. The minimum absolute atomic E-state index is 0.0725. The van der Waals surface area contributed by atoms with E-state index in [-0.39, 0.29) is 50.3 Å². The summed E-state index contributed by atoms with van der Waals surface area (Å²) < 4.78 is 38.3. The lowest BCUT2D eigenvalue weighted by Crippen LogP contribution is -2.60. The van der Waals surface area contributed by atoms with Crippen molar-refractivity contribution in [1.82, 2.24) is 9.80 Å². The number of hydrogen-bond acceptors (Lipinski definition) is 14. The van der Waals surface area contributed by atoms with Gasteiger partial charge in [-0.2, -0.15) is 0 Å². The van der Waals surface area contributed by atoms with Gasteiger partial charge in [-0.1, -0.05) is 95.7 Å². The molecule has 0 aromatic heterocycles. The summed E-state index contributed by atoms with van der Waals surface area (Å²) in [5.74, 6) is -3.27. The van der Waals surface area contributed by atoms with E-state index < -0.39 is 109 Å². The average molecular weight is 1220 g/mol. The Morgan fingerprint density at radius 2 is 1.26 bits per heavy atom. The predicted molar refractivity (Wildman–Crippen MR) is 344 cm³/mol. The van der Waals surface area contributed by atoms with E-state index in [0.29, 0.717) is 12.8 Å². The highest BCUT2D eigenvalue weighted by Crippen LogP contribution is 2.56. The van der Waals surface area contributed by atoms with Crippen LogP contribution < -0.4 is 15.9 Å². The van der Waals surface area contributed by atoms with Crippen molar-refractivity contribution in [3.05, 3.63) is 89.5 Å². The molecule has 5 N–H and O–H groups in total. The number of likely N-dealkylation sites (N-methyl/N-ethyl adjacent to an activating group) is 1. The number of nitrogens with zero attached hydrogens (tertiary/aromatic N) is 2. The maximum absolute atomic E-state index is 14.7. The molecule has 3 heterocycles. The first-order valence-corrected chi connectivity index (χ1v) is 34.4. The van der Waals surface area contributed by atoms with Crippen LogP contribution >= 0.6 is 7.26 Å². The molecular formula is C70H112N2O13P+. The number of esters is 1. The van der Waals surface area contributed by atoms with Crippen LogP contribution in [-0.2, 0) is 38.0 Å². The summed E-state index contributed by atoms with van der Waals surface area (Å²) in [4.78, 5) is 32.9. The summed E-state index contributed by atoms with van der Waals surface area (Å²) in [6.45, 7) is 24.1. The molecular weight excluding hydrogens is 1110 g/mol. The number of rotatable bonds is 22. The number of aliphatic hydroxyl groups excluding tert-OH is 3. The third-order valence-corrected chi connectivity index (χ3v) is 23.9. The minimum atomic E-state index is -2.01. The Morgan fingerprint density at radius 3 is 1.76 bits per heavy atom. The highest BCUT2D eigenvalue weighted by Gasteiger charge is 2.53. The van der Waals surface area contributed by atoms with Crippen LogP contribution in [0.5, 0.6) is 0 Å². The topological polar surface area (TPSA) is 197 Å². The van der Waals surface area contributed by atoms with Crippen molar-refractivity contribution in [3.63, 3.8) is 0 Å². The minimum Gasteiger partial charge on any atom is -0.459 e. The number of aliphatic hydroxyl groups is 5. The van der Waals surface area contributed by atoms with E-state index >= 15 is 0 Å². The second-order valence-electron chi connectivity index (χ2n) is 27.3. The third kappa shape index (κ3) is 17.5. The van der Waals surface area contributed by atoms with E-state index in [9.17, 15) is 35.1 Å². The fraction of sp³-hybridized carbons (Fsp3) is 0.714. The summed E-state index contributed by atoms with van der Waals surface area (Å²) in [6, 6.07) is 26.3. The highest BCUT2D eigenvalue weighted by molar-refractivity contribution is 7.95. The van der Waals surface area contributed by atoms with Gasteiger partial charge in [0.15, 0.2) is 12.6 Å². The molecule has 484 valence electrons. The molecule has 0 bridgehead atoms. The lowest BCUT2D eigenvalue weighted by molar-refractivity contribution is -0.318. The van der Waals surface area contributed by atoms with Gasteiger partial charge in [0.2, 0.25) is 5.91 Å². The number of cyclic esters (lactones) is 1. The number of carbonyl (C=O) groups excluding carboxylic acids is 2. The third-order valence-electron chi connectivity index (χ3n) is 19.4. The Bertz CT molecular complexity index is 2490. The number of amides is 1. The van der Waals surface area contributed by atoms with Gasteiger partial charge in [0, 0.05) is 38.5 Å².